The van der Waals surface area contributed by atoms with Crippen molar-refractivity contribution in [2.45, 2.75) is 12.5 Å². The molecule has 5 heteroatoms. The topological polar surface area (TPSA) is 76.0 Å². The Morgan fingerprint density at radius 3 is 2.94 bits per heavy atom. The van der Waals surface area contributed by atoms with Crippen molar-refractivity contribution >= 4 is 5.97 Å². The molecule has 0 saturated heterocycles. The predicted molar refractivity (Wildman–Crippen MR) is 54.8 cm³/mol. The Kier molecular flexibility index (Phi) is 2.70. The molecule has 16 heavy (non-hydrogen) atoms. The molecule has 1 atom stereocenters. The first-order valence-electron chi connectivity index (χ1n) is 4.88. The molecule has 0 spiro atoms. The molecule has 1 aromatic carbocycles. The summed E-state index contributed by atoms with van der Waals surface area (Å²) < 4.78 is 10.5. The van der Waals surface area contributed by atoms with Gasteiger partial charge in [-0.15, -0.1) is 0 Å². The monoisotopic (exact) mass is 224 g/mol. The maximum absolute atomic E-state index is 10.7. The lowest BCUT2D eigenvalue weighted by molar-refractivity contribution is -0.146. The van der Waals surface area contributed by atoms with E-state index in [0.29, 0.717) is 30.1 Å². The summed E-state index contributed by atoms with van der Waals surface area (Å²) in [5.41, 5.74) is 1.18. The third-order valence-corrected chi connectivity index (χ3v) is 2.54. The molecule has 0 aromatic heterocycles. The highest BCUT2D eigenvalue weighted by Gasteiger charge is 2.23. The van der Waals surface area contributed by atoms with Crippen LogP contribution in [0.2, 0.25) is 0 Å². The second-order valence-corrected chi connectivity index (χ2v) is 3.55. The quantitative estimate of drug-likeness (QED) is 0.792. The lowest BCUT2D eigenvalue weighted by Crippen LogP contribution is -2.10. The molecule has 0 aliphatic carbocycles. The van der Waals surface area contributed by atoms with Gasteiger partial charge >= 0.3 is 5.97 Å². The van der Waals surface area contributed by atoms with Gasteiger partial charge in [-0.1, -0.05) is 0 Å². The molecule has 0 amide bonds. The minimum Gasteiger partial charge on any atom is -0.493 e. The summed E-state index contributed by atoms with van der Waals surface area (Å²) >= 11 is 0. The highest BCUT2D eigenvalue weighted by molar-refractivity contribution is 5.74. The minimum absolute atomic E-state index is 0.314. The third-order valence-electron chi connectivity index (χ3n) is 2.54. The lowest BCUT2D eigenvalue weighted by atomic mass is 10.0. The number of hydrogen-bond donors (Lipinski definition) is 2. The number of aliphatic hydroxyl groups excluding tert-OH is 1. The summed E-state index contributed by atoms with van der Waals surface area (Å²) in [7, 11) is 1.48. The smallest absolute Gasteiger partial charge is 0.337 e. The van der Waals surface area contributed by atoms with Crippen LogP contribution in [-0.4, -0.2) is 29.9 Å². The number of hydrogen-bond acceptors (Lipinski definition) is 4. The second-order valence-electron chi connectivity index (χ2n) is 3.55. The first-order chi connectivity index (χ1) is 7.63. The number of benzene rings is 1. The Morgan fingerprint density at radius 2 is 2.31 bits per heavy atom. The van der Waals surface area contributed by atoms with Crippen molar-refractivity contribution in [2.75, 3.05) is 13.7 Å². The van der Waals surface area contributed by atoms with Crippen molar-refractivity contribution < 1.29 is 24.5 Å². The van der Waals surface area contributed by atoms with Crippen molar-refractivity contribution in [3.63, 3.8) is 0 Å². The van der Waals surface area contributed by atoms with E-state index in [-0.39, 0.29) is 0 Å². The number of aliphatic carboxylic acids is 1. The molecular formula is C11H12O5. The van der Waals surface area contributed by atoms with Gasteiger partial charge in [-0.25, -0.2) is 4.79 Å². The van der Waals surface area contributed by atoms with Crippen molar-refractivity contribution in [3.8, 4) is 11.5 Å². The van der Waals surface area contributed by atoms with Crippen LogP contribution in [0.1, 0.15) is 17.2 Å². The van der Waals surface area contributed by atoms with Crippen LogP contribution >= 0.6 is 0 Å². The van der Waals surface area contributed by atoms with Gasteiger partial charge in [0.15, 0.2) is 17.6 Å². The van der Waals surface area contributed by atoms with Crippen LogP contribution in [0.25, 0.3) is 0 Å². The number of methoxy groups -OCH3 is 1. The molecule has 1 aliphatic rings. The third kappa shape index (κ3) is 1.69. The highest BCUT2D eigenvalue weighted by Crippen LogP contribution is 2.38. The van der Waals surface area contributed by atoms with Crippen LogP contribution in [0.5, 0.6) is 11.5 Å². The molecule has 0 bridgehead atoms. The Labute approximate surface area is 92.2 Å². The molecule has 2 N–H and O–H groups in total. The number of carboxylic acid groups (broad SMARTS) is 1. The number of rotatable bonds is 3. The van der Waals surface area contributed by atoms with E-state index in [9.17, 15) is 9.90 Å². The van der Waals surface area contributed by atoms with Gasteiger partial charge in [0.05, 0.1) is 13.7 Å². The minimum atomic E-state index is -1.53. The molecular weight excluding hydrogens is 212 g/mol. The number of ether oxygens (including phenoxy) is 2. The summed E-state index contributed by atoms with van der Waals surface area (Å²) in [5.74, 6) is -0.171. The summed E-state index contributed by atoms with van der Waals surface area (Å²) in [6, 6.07) is 3.13. The largest absolute Gasteiger partial charge is 0.493 e. The van der Waals surface area contributed by atoms with E-state index in [1.807, 2.05) is 0 Å². The molecule has 0 fully saturated rings. The Bertz CT molecular complexity index is 427. The molecule has 86 valence electrons. The van der Waals surface area contributed by atoms with E-state index in [2.05, 4.69) is 0 Å². The van der Waals surface area contributed by atoms with Gasteiger partial charge in [0.25, 0.3) is 0 Å². The van der Waals surface area contributed by atoms with Crippen LogP contribution in [-0.2, 0) is 11.2 Å². The Hall–Kier alpha value is -1.75. The standard InChI is InChI=1S/C11H12O5/c1-15-8-5-7(9(12)11(13)14)4-6-2-3-16-10(6)8/h4-5,9,12H,2-3H2,1H3,(H,13,14). The van der Waals surface area contributed by atoms with Crippen LogP contribution in [0, 0.1) is 0 Å². The normalized spacial score (nSPS) is 15.1. The van der Waals surface area contributed by atoms with E-state index in [4.69, 9.17) is 14.6 Å². The molecule has 1 aromatic rings. The highest BCUT2D eigenvalue weighted by atomic mass is 16.5. The number of aliphatic hydroxyl groups is 1. The van der Waals surface area contributed by atoms with E-state index >= 15 is 0 Å². The van der Waals surface area contributed by atoms with E-state index < -0.39 is 12.1 Å². The molecule has 0 radical (unpaired) electrons. The number of carbonyl (C=O) groups is 1. The Balaban J connectivity index is 2.45. The van der Waals surface area contributed by atoms with Crippen molar-refractivity contribution in [2.24, 2.45) is 0 Å². The van der Waals surface area contributed by atoms with E-state index in [0.717, 1.165) is 5.56 Å². The maximum Gasteiger partial charge on any atom is 0.337 e. The summed E-state index contributed by atoms with van der Waals surface area (Å²) in [6.07, 6.45) is -0.828. The fraction of sp³-hybridized carbons (Fsp3) is 0.364. The zero-order valence-corrected chi connectivity index (χ0v) is 8.77. The summed E-state index contributed by atoms with van der Waals surface area (Å²) in [6.45, 7) is 0.554. The van der Waals surface area contributed by atoms with Crippen molar-refractivity contribution in [3.05, 3.63) is 23.3 Å². The van der Waals surface area contributed by atoms with Gasteiger partial charge in [-0.05, 0) is 17.7 Å². The summed E-state index contributed by atoms with van der Waals surface area (Å²) in [5, 5.41) is 18.2. The van der Waals surface area contributed by atoms with Crippen LogP contribution in [0.15, 0.2) is 12.1 Å². The number of carboxylic acids is 1. The fourth-order valence-corrected chi connectivity index (χ4v) is 1.75. The Morgan fingerprint density at radius 1 is 1.56 bits per heavy atom. The molecule has 1 aliphatic heterocycles. The summed E-state index contributed by atoms with van der Waals surface area (Å²) in [4.78, 5) is 10.7. The van der Waals surface area contributed by atoms with Gasteiger partial charge in [-0.3, -0.25) is 0 Å². The van der Waals surface area contributed by atoms with E-state index in [1.54, 1.807) is 6.07 Å². The van der Waals surface area contributed by atoms with Crippen LogP contribution in [0.3, 0.4) is 0 Å². The molecule has 1 unspecified atom stereocenters. The van der Waals surface area contributed by atoms with Crippen molar-refractivity contribution in [1.82, 2.24) is 0 Å². The molecule has 0 saturated carbocycles. The van der Waals surface area contributed by atoms with Gasteiger partial charge in [-0.2, -0.15) is 0 Å². The first kappa shape index (κ1) is 10.8. The van der Waals surface area contributed by atoms with Crippen LogP contribution in [0.4, 0.5) is 0 Å². The zero-order valence-electron chi connectivity index (χ0n) is 8.77. The second kappa shape index (κ2) is 4.02. The average molecular weight is 224 g/mol. The fourth-order valence-electron chi connectivity index (χ4n) is 1.75. The van der Waals surface area contributed by atoms with Gasteiger partial charge in [0, 0.05) is 12.0 Å². The molecule has 1 heterocycles. The maximum atomic E-state index is 10.7. The molecule has 5 nitrogen and oxygen atoms in total. The zero-order chi connectivity index (χ0) is 11.7. The van der Waals surface area contributed by atoms with Gasteiger partial charge in [0.2, 0.25) is 0 Å². The molecule has 2 rings (SSSR count). The predicted octanol–water partition coefficient (Wildman–Crippen LogP) is 0.748. The number of fused-ring (bicyclic) bond motifs is 1. The lowest BCUT2D eigenvalue weighted by Gasteiger charge is -2.11. The first-order valence-corrected chi connectivity index (χ1v) is 4.88. The SMILES string of the molecule is COc1cc(C(O)C(=O)O)cc2c1OCC2. The average Bonchev–Trinajstić information content (AvgIpc) is 2.74. The van der Waals surface area contributed by atoms with Gasteiger partial charge < -0.3 is 19.7 Å². The van der Waals surface area contributed by atoms with E-state index in [1.165, 1.54) is 13.2 Å². The van der Waals surface area contributed by atoms with Crippen LogP contribution < -0.4 is 9.47 Å². The van der Waals surface area contributed by atoms with Crippen molar-refractivity contribution in [1.29, 1.82) is 0 Å². The van der Waals surface area contributed by atoms with Gasteiger partial charge in [0.1, 0.15) is 0 Å².